The maximum Gasteiger partial charge on any atom is 0.275 e. The fourth-order valence-corrected chi connectivity index (χ4v) is 0.667. The van der Waals surface area contributed by atoms with E-state index in [0.717, 1.165) is 0 Å². The molecule has 0 aromatic carbocycles. The number of aryl methyl sites for hydroxylation is 1. The fourth-order valence-electron chi connectivity index (χ4n) is 0.553. The van der Waals surface area contributed by atoms with Gasteiger partial charge in [0.05, 0.1) is 0 Å². The zero-order valence-corrected chi connectivity index (χ0v) is 6.38. The second-order valence-electron chi connectivity index (χ2n) is 1.92. The van der Waals surface area contributed by atoms with Crippen LogP contribution in [0.2, 0.25) is 5.28 Å². The Morgan fingerprint density at radius 3 is 2.60 bits per heavy atom. The molecule has 0 amide bonds. The molecule has 0 saturated heterocycles. The Hall–Kier alpha value is -0.900. The van der Waals surface area contributed by atoms with E-state index >= 15 is 0 Å². The van der Waals surface area contributed by atoms with E-state index in [2.05, 4.69) is 10.2 Å². The van der Waals surface area contributed by atoms with Gasteiger partial charge in [-0.25, -0.2) is 0 Å². The Balaban J connectivity index is 3.50. The van der Waals surface area contributed by atoms with Crippen molar-refractivity contribution in [2.24, 2.45) is 7.05 Å². The predicted octanol–water partition coefficient (Wildman–Crippen LogP) is 0.137. The number of nitrogens with zero attached hydrogens (tertiary/aromatic N) is 3. The van der Waals surface area contributed by atoms with Crippen molar-refractivity contribution in [3.8, 4) is 0 Å². The Kier molecular flexibility index (Phi) is 1.72. The number of hydrogen-bond donors (Lipinski definition) is 0. The molecule has 0 saturated carbocycles. The zero-order chi connectivity index (χ0) is 7.72. The van der Waals surface area contributed by atoms with E-state index < -0.39 is 0 Å². The summed E-state index contributed by atoms with van der Waals surface area (Å²) in [7, 11) is 1.55. The molecular weight excluding hydrogens is 154 g/mol. The van der Waals surface area contributed by atoms with E-state index in [9.17, 15) is 4.79 Å². The smallest absolute Gasteiger partial charge is 0.275 e. The Bertz CT molecular complexity index is 306. The van der Waals surface area contributed by atoms with Crippen LogP contribution < -0.4 is 5.56 Å². The molecule has 0 unspecified atom stereocenters. The van der Waals surface area contributed by atoms with E-state index in [-0.39, 0.29) is 10.8 Å². The first-order chi connectivity index (χ1) is 4.63. The SMILES string of the molecule is Cc1nnc(Cl)n(C)c1=O. The molecule has 1 rings (SSSR count). The largest absolute Gasteiger partial charge is 0.284 e. The van der Waals surface area contributed by atoms with E-state index in [1.165, 1.54) is 4.57 Å². The molecule has 0 spiro atoms. The topological polar surface area (TPSA) is 47.8 Å². The molecule has 10 heavy (non-hydrogen) atoms. The lowest BCUT2D eigenvalue weighted by atomic mass is 10.5. The minimum absolute atomic E-state index is 0.107. The van der Waals surface area contributed by atoms with Crippen LogP contribution in [-0.2, 0) is 7.05 Å². The summed E-state index contributed by atoms with van der Waals surface area (Å²) in [6.07, 6.45) is 0. The summed E-state index contributed by atoms with van der Waals surface area (Å²) >= 11 is 5.48. The third kappa shape index (κ3) is 1.02. The molecule has 0 bridgehead atoms. The maximum atomic E-state index is 11.0. The van der Waals surface area contributed by atoms with Crippen LogP contribution in [-0.4, -0.2) is 14.8 Å². The number of hydrogen-bond acceptors (Lipinski definition) is 3. The summed E-state index contributed by atoms with van der Waals surface area (Å²) in [4.78, 5) is 11.0. The van der Waals surface area contributed by atoms with Gasteiger partial charge in [0.15, 0.2) is 0 Å². The molecule has 4 nitrogen and oxygen atoms in total. The predicted molar refractivity (Wildman–Crippen MR) is 37.0 cm³/mol. The van der Waals surface area contributed by atoms with Gasteiger partial charge in [0.25, 0.3) is 5.56 Å². The normalized spacial score (nSPS) is 9.90. The molecule has 5 heteroatoms. The summed E-state index contributed by atoms with van der Waals surface area (Å²) in [5, 5.41) is 7.15. The highest BCUT2D eigenvalue weighted by Gasteiger charge is 2.00. The van der Waals surface area contributed by atoms with Crippen LogP contribution >= 0.6 is 11.6 Å². The monoisotopic (exact) mass is 159 g/mol. The summed E-state index contributed by atoms with van der Waals surface area (Å²) < 4.78 is 1.24. The van der Waals surface area contributed by atoms with Gasteiger partial charge >= 0.3 is 0 Å². The van der Waals surface area contributed by atoms with Gasteiger partial charge < -0.3 is 0 Å². The van der Waals surface area contributed by atoms with Gasteiger partial charge in [0, 0.05) is 7.05 Å². The van der Waals surface area contributed by atoms with Crippen LogP contribution in [0.25, 0.3) is 0 Å². The maximum absolute atomic E-state index is 11.0. The Morgan fingerprint density at radius 2 is 2.10 bits per heavy atom. The zero-order valence-electron chi connectivity index (χ0n) is 5.63. The standard InChI is InChI=1S/C5H6ClN3O/c1-3-4(10)9(2)5(6)8-7-3/h1-2H3. The lowest BCUT2D eigenvalue weighted by Crippen LogP contribution is -2.22. The van der Waals surface area contributed by atoms with Crippen molar-refractivity contribution in [3.05, 3.63) is 21.3 Å². The van der Waals surface area contributed by atoms with Gasteiger partial charge in [-0.1, -0.05) is 0 Å². The quantitative estimate of drug-likeness (QED) is 0.541. The van der Waals surface area contributed by atoms with Crippen molar-refractivity contribution in [1.82, 2.24) is 14.8 Å². The number of halogens is 1. The summed E-state index contributed by atoms with van der Waals surface area (Å²) in [6.45, 7) is 1.59. The molecule has 0 aliphatic heterocycles. The molecular formula is C5H6ClN3O. The van der Waals surface area contributed by atoms with E-state index in [1.54, 1.807) is 14.0 Å². The first-order valence-electron chi connectivity index (χ1n) is 2.68. The highest BCUT2D eigenvalue weighted by atomic mass is 35.5. The van der Waals surface area contributed by atoms with Gasteiger partial charge in [0.2, 0.25) is 5.28 Å². The highest BCUT2D eigenvalue weighted by Crippen LogP contribution is 1.94. The fraction of sp³-hybridized carbons (Fsp3) is 0.400. The van der Waals surface area contributed by atoms with Crippen LogP contribution in [0, 0.1) is 6.92 Å². The summed E-state index contributed by atoms with van der Waals surface area (Å²) in [6, 6.07) is 0. The van der Waals surface area contributed by atoms with Crippen LogP contribution in [0.5, 0.6) is 0 Å². The van der Waals surface area contributed by atoms with Crippen molar-refractivity contribution in [2.75, 3.05) is 0 Å². The van der Waals surface area contributed by atoms with Crippen LogP contribution in [0.1, 0.15) is 5.69 Å². The van der Waals surface area contributed by atoms with Gasteiger partial charge in [-0.3, -0.25) is 9.36 Å². The number of rotatable bonds is 0. The molecule has 0 aliphatic rings. The average molecular weight is 160 g/mol. The first-order valence-corrected chi connectivity index (χ1v) is 3.06. The molecule has 0 N–H and O–H groups in total. The van der Waals surface area contributed by atoms with Crippen LogP contribution in [0.4, 0.5) is 0 Å². The minimum Gasteiger partial charge on any atom is -0.284 e. The Labute approximate surface area is 62.5 Å². The van der Waals surface area contributed by atoms with Crippen LogP contribution in [0.15, 0.2) is 4.79 Å². The second-order valence-corrected chi connectivity index (χ2v) is 2.26. The van der Waals surface area contributed by atoms with Crippen molar-refractivity contribution >= 4 is 11.6 Å². The van der Waals surface area contributed by atoms with Crippen molar-refractivity contribution in [1.29, 1.82) is 0 Å². The van der Waals surface area contributed by atoms with Gasteiger partial charge in [0.1, 0.15) is 5.69 Å². The molecule has 1 aromatic heterocycles. The Morgan fingerprint density at radius 1 is 1.50 bits per heavy atom. The molecule has 1 aromatic rings. The molecule has 54 valence electrons. The molecule has 1 heterocycles. The summed E-state index contributed by atoms with van der Waals surface area (Å²) in [5.41, 5.74) is 0.145. The average Bonchev–Trinajstić information content (AvgIpc) is 1.93. The van der Waals surface area contributed by atoms with Crippen molar-refractivity contribution < 1.29 is 0 Å². The minimum atomic E-state index is -0.208. The molecule has 0 aliphatic carbocycles. The van der Waals surface area contributed by atoms with Gasteiger partial charge in [-0.05, 0) is 18.5 Å². The van der Waals surface area contributed by atoms with Crippen molar-refractivity contribution in [3.63, 3.8) is 0 Å². The highest BCUT2D eigenvalue weighted by molar-refractivity contribution is 6.28. The third-order valence-corrected chi connectivity index (χ3v) is 1.50. The van der Waals surface area contributed by atoms with Gasteiger partial charge in [-0.15, -0.1) is 10.2 Å². The lowest BCUT2D eigenvalue weighted by Gasteiger charge is -1.97. The molecule has 0 radical (unpaired) electrons. The van der Waals surface area contributed by atoms with Crippen LogP contribution in [0.3, 0.4) is 0 Å². The second kappa shape index (κ2) is 2.38. The third-order valence-electron chi connectivity index (χ3n) is 1.17. The summed E-state index contributed by atoms with van der Waals surface area (Å²) in [5.74, 6) is 0. The molecule has 0 atom stereocenters. The van der Waals surface area contributed by atoms with E-state index in [4.69, 9.17) is 11.6 Å². The molecule has 0 fully saturated rings. The lowest BCUT2D eigenvalue weighted by molar-refractivity contribution is 0.754. The number of aromatic nitrogens is 3. The van der Waals surface area contributed by atoms with E-state index in [1.807, 2.05) is 0 Å². The van der Waals surface area contributed by atoms with Crippen molar-refractivity contribution in [2.45, 2.75) is 6.92 Å². The first kappa shape index (κ1) is 7.21. The van der Waals surface area contributed by atoms with Gasteiger partial charge in [-0.2, -0.15) is 0 Å². The van der Waals surface area contributed by atoms with E-state index in [0.29, 0.717) is 5.69 Å².